The van der Waals surface area contributed by atoms with E-state index in [0.29, 0.717) is 49.7 Å². The number of nitrogens with zero attached hydrogens (tertiary/aromatic N) is 5. The number of nitrogens with one attached hydrogen (secondary N) is 1. The fraction of sp³-hybridized carbons (Fsp3) is 0.500. The molecular weight excluding hydrogens is 463 g/mol. The smallest absolute Gasteiger partial charge is 0.321 e. The number of aromatic amines is 1. The predicted molar refractivity (Wildman–Crippen MR) is 126 cm³/mol. The first kappa shape index (κ1) is 24.3. The number of benzene rings is 1. The number of piperazine rings is 1. The number of sulfonamides is 1. The quantitative estimate of drug-likeness (QED) is 0.508. The summed E-state index contributed by atoms with van der Waals surface area (Å²) >= 11 is 0. The number of aryl methyl sites for hydroxylation is 2. The first-order valence-corrected chi connectivity index (χ1v) is 12.9. The molecule has 0 radical (unpaired) electrons. The summed E-state index contributed by atoms with van der Waals surface area (Å²) in [5, 5.41) is 0. The molecule has 1 fully saturated rings. The third kappa shape index (κ3) is 4.57. The number of hydrogen-bond donors (Lipinski definition) is 1. The van der Waals surface area contributed by atoms with Gasteiger partial charge in [0.25, 0.3) is 5.56 Å². The van der Waals surface area contributed by atoms with Gasteiger partial charge in [-0.15, -0.1) is 0 Å². The van der Waals surface area contributed by atoms with Crippen LogP contribution in [0.15, 0.2) is 38.8 Å². The largest absolute Gasteiger partial charge is 0.330 e. The molecule has 0 unspecified atom stereocenters. The number of aromatic nitrogens is 4. The van der Waals surface area contributed by atoms with Gasteiger partial charge in [0, 0.05) is 39.3 Å². The molecule has 1 N–H and O–H groups in total. The lowest BCUT2D eigenvalue weighted by Gasteiger charge is -2.33. The normalized spacial score (nSPS) is 15.9. The van der Waals surface area contributed by atoms with Crippen LogP contribution in [-0.2, 0) is 29.7 Å². The van der Waals surface area contributed by atoms with Gasteiger partial charge in [-0.25, -0.2) is 22.6 Å². The van der Waals surface area contributed by atoms with Crippen LogP contribution in [0.1, 0.15) is 32.5 Å². The molecule has 34 heavy (non-hydrogen) atoms. The summed E-state index contributed by atoms with van der Waals surface area (Å²) in [7, 11) is -3.70. The average Bonchev–Trinajstić information content (AvgIpc) is 3.18. The topological polar surface area (TPSA) is 113 Å². The molecule has 0 spiro atoms. The van der Waals surface area contributed by atoms with E-state index >= 15 is 0 Å². The van der Waals surface area contributed by atoms with E-state index in [9.17, 15) is 22.4 Å². The molecule has 3 aromatic rings. The Labute approximate surface area is 196 Å². The van der Waals surface area contributed by atoms with E-state index in [4.69, 9.17) is 0 Å². The molecule has 10 nitrogen and oxygen atoms in total. The zero-order chi connectivity index (χ0) is 24.5. The maximum atomic E-state index is 13.2. The van der Waals surface area contributed by atoms with Gasteiger partial charge in [0.15, 0.2) is 11.2 Å². The van der Waals surface area contributed by atoms with E-state index in [-0.39, 0.29) is 18.0 Å². The van der Waals surface area contributed by atoms with Crippen molar-refractivity contribution in [2.75, 3.05) is 26.2 Å². The molecule has 4 rings (SSSR count). The van der Waals surface area contributed by atoms with E-state index in [2.05, 4.69) is 14.9 Å². The predicted octanol–water partition coefficient (Wildman–Crippen LogP) is 1.35. The maximum absolute atomic E-state index is 13.2. The average molecular weight is 493 g/mol. The summed E-state index contributed by atoms with van der Waals surface area (Å²) in [6.07, 6.45) is 1.69. The summed E-state index contributed by atoms with van der Waals surface area (Å²) in [4.78, 5) is 34.2. The van der Waals surface area contributed by atoms with Gasteiger partial charge in [-0.2, -0.15) is 4.31 Å². The molecule has 0 saturated carbocycles. The number of halogens is 1. The van der Waals surface area contributed by atoms with Crippen LogP contribution in [0, 0.1) is 5.82 Å². The van der Waals surface area contributed by atoms with Crippen molar-refractivity contribution >= 4 is 21.2 Å². The third-order valence-electron chi connectivity index (χ3n) is 6.16. The Balaban J connectivity index is 1.55. The molecule has 0 atom stereocenters. The van der Waals surface area contributed by atoms with Gasteiger partial charge in [-0.05, 0) is 37.6 Å². The fourth-order valence-corrected chi connectivity index (χ4v) is 5.71. The van der Waals surface area contributed by atoms with Crippen LogP contribution in [0.3, 0.4) is 0 Å². The molecule has 2 aromatic heterocycles. The Kier molecular flexibility index (Phi) is 7.01. The lowest BCUT2D eigenvalue weighted by Crippen LogP contribution is -2.48. The van der Waals surface area contributed by atoms with Crippen LogP contribution in [0.25, 0.3) is 11.2 Å². The number of H-pyrrole nitrogens is 1. The molecule has 1 aliphatic heterocycles. The van der Waals surface area contributed by atoms with Gasteiger partial charge < -0.3 is 4.57 Å². The number of rotatable bonds is 8. The highest BCUT2D eigenvalue weighted by atomic mass is 32.2. The lowest BCUT2D eigenvalue weighted by molar-refractivity contribution is 0.176. The Bertz CT molecular complexity index is 1390. The van der Waals surface area contributed by atoms with Gasteiger partial charge in [-0.3, -0.25) is 19.2 Å². The van der Waals surface area contributed by atoms with Crippen LogP contribution < -0.4 is 11.2 Å². The minimum Gasteiger partial charge on any atom is -0.321 e. The first-order valence-electron chi connectivity index (χ1n) is 11.5. The number of unbranched alkanes of at least 4 members (excludes halogenated alkanes) is 1. The van der Waals surface area contributed by atoms with Crippen LogP contribution in [0.5, 0.6) is 0 Å². The molecule has 1 aromatic carbocycles. The summed E-state index contributed by atoms with van der Waals surface area (Å²) < 4.78 is 43.7. The molecule has 1 saturated heterocycles. The van der Waals surface area contributed by atoms with Crippen LogP contribution >= 0.6 is 0 Å². The van der Waals surface area contributed by atoms with Crippen molar-refractivity contribution in [1.82, 2.24) is 28.3 Å². The SMILES string of the molecule is CCCCn1c(=O)[nH]c(=O)c2c1nc(CN1CCN(S(=O)(=O)c3ccc(F)cc3)CC1)n2CC. The number of fused-ring (bicyclic) bond motifs is 1. The van der Waals surface area contributed by atoms with Crippen molar-refractivity contribution in [2.24, 2.45) is 0 Å². The Morgan fingerprint density at radius 1 is 1.03 bits per heavy atom. The minimum absolute atomic E-state index is 0.0689. The second kappa shape index (κ2) is 9.80. The third-order valence-corrected chi connectivity index (χ3v) is 8.08. The monoisotopic (exact) mass is 492 g/mol. The van der Waals surface area contributed by atoms with Crippen molar-refractivity contribution in [1.29, 1.82) is 0 Å². The van der Waals surface area contributed by atoms with E-state index < -0.39 is 27.1 Å². The first-order chi connectivity index (χ1) is 16.3. The van der Waals surface area contributed by atoms with E-state index in [1.807, 2.05) is 18.4 Å². The van der Waals surface area contributed by atoms with E-state index in [1.165, 1.54) is 21.0 Å². The van der Waals surface area contributed by atoms with Gasteiger partial charge in [-0.1, -0.05) is 13.3 Å². The summed E-state index contributed by atoms with van der Waals surface area (Å²) in [6, 6.07) is 4.83. The van der Waals surface area contributed by atoms with Crippen LogP contribution in [0.4, 0.5) is 4.39 Å². The van der Waals surface area contributed by atoms with Crippen molar-refractivity contribution in [2.45, 2.75) is 51.2 Å². The zero-order valence-corrected chi connectivity index (χ0v) is 20.1. The molecule has 0 aliphatic carbocycles. The van der Waals surface area contributed by atoms with Crippen LogP contribution in [-0.4, -0.2) is 62.9 Å². The Morgan fingerprint density at radius 2 is 1.71 bits per heavy atom. The standard InChI is InChI=1S/C22H29FN6O4S/c1-3-5-10-29-20-19(21(30)25-22(29)31)28(4-2)18(24-20)15-26-11-13-27(14-12-26)34(32,33)17-8-6-16(23)7-9-17/h6-9H,3-5,10-15H2,1-2H3,(H,25,30,31). The van der Waals surface area contributed by atoms with Gasteiger partial charge >= 0.3 is 5.69 Å². The van der Waals surface area contributed by atoms with Gasteiger partial charge in [0.05, 0.1) is 11.4 Å². The molecule has 12 heteroatoms. The summed E-state index contributed by atoms with van der Waals surface area (Å²) in [5.74, 6) is 0.176. The number of hydrogen-bond acceptors (Lipinski definition) is 6. The second-order valence-corrected chi connectivity index (χ2v) is 10.3. The van der Waals surface area contributed by atoms with Crippen LogP contribution in [0.2, 0.25) is 0 Å². The molecule has 1 aliphatic rings. The van der Waals surface area contributed by atoms with Gasteiger partial charge in [0.1, 0.15) is 11.6 Å². The highest BCUT2D eigenvalue weighted by molar-refractivity contribution is 7.89. The van der Waals surface area contributed by atoms with Crippen molar-refractivity contribution < 1.29 is 12.8 Å². The lowest BCUT2D eigenvalue weighted by atomic mass is 10.3. The molecule has 0 amide bonds. The van der Waals surface area contributed by atoms with Gasteiger partial charge in [0.2, 0.25) is 10.0 Å². The molecule has 184 valence electrons. The van der Waals surface area contributed by atoms with E-state index in [0.717, 1.165) is 25.0 Å². The van der Waals surface area contributed by atoms with Crippen molar-refractivity contribution in [3.8, 4) is 0 Å². The molecule has 3 heterocycles. The fourth-order valence-electron chi connectivity index (χ4n) is 4.29. The van der Waals surface area contributed by atoms with E-state index in [1.54, 1.807) is 0 Å². The second-order valence-electron chi connectivity index (χ2n) is 8.34. The molecule has 0 bridgehead atoms. The summed E-state index contributed by atoms with van der Waals surface area (Å²) in [5.41, 5.74) is -0.149. The highest BCUT2D eigenvalue weighted by Crippen LogP contribution is 2.20. The molecular formula is C22H29FN6O4S. The van der Waals surface area contributed by atoms with Crippen molar-refractivity contribution in [3.05, 3.63) is 56.7 Å². The summed E-state index contributed by atoms with van der Waals surface area (Å²) in [6.45, 7) is 6.88. The Morgan fingerprint density at radius 3 is 2.32 bits per heavy atom. The minimum atomic E-state index is -3.70. The number of imidazole rings is 1. The maximum Gasteiger partial charge on any atom is 0.330 e. The Hall–Kier alpha value is -2.83. The highest BCUT2D eigenvalue weighted by Gasteiger charge is 2.29. The van der Waals surface area contributed by atoms with Crippen molar-refractivity contribution in [3.63, 3.8) is 0 Å². The zero-order valence-electron chi connectivity index (χ0n) is 19.3.